The molecule has 2 aromatic heterocycles. The monoisotopic (exact) mass is 403 g/mol. The van der Waals surface area contributed by atoms with E-state index in [1.165, 1.54) is 0 Å². The number of amides is 1. The van der Waals surface area contributed by atoms with Crippen molar-refractivity contribution >= 4 is 23.2 Å². The van der Waals surface area contributed by atoms with Crippen molar-refractivity contribution in [3.63, 3.8) is 0 Å². The molecule has 1 fully saturated rings. The fourth-order valence-electron chi connectivity index (χ4n) is 3.79. The van der Waals surface area contributed by atoms with Crippen LogP contribution in [0.5, 0.6) is 5.75 Å². The molecule has 154 valence electrons. The number of benzene rings is 1. The topological polar surface area (TPSA) is 79.4 Å². The zero-order valence-corrected chi connectivity index (χ0v) is 17.1. The van der Waals surface area contributed by atoms with Crippen LogP contribution in [0.25, 0.3) is 0 Å². The number of methoxy groups -OCH3 is 1. The summed E-state index contributed by atoms with van der Waals surface area (Å²) in [4.78, 5) is 24.1. The Labute approximate surface area is 176 Å². The number of anilines is 3. The molecule has 1 aromatic carbocycles. The van der Waals surface area contributed by atoms with Crippen molar-refractivity contribution in [1.82, 2.24) is 14.9 Å². The first-order valence-electron chi connectivity index (χ1n) is 10.0. The molecule has 0 radical (unpaired) electrons. The van der Waals surface area contributed by atoms with E-state index < -0.39 is 0 Å². The van der Waals surface area contributed by atoms with Crippen LogP contribution in [-0.2, 0) is 0 Å². The average molecular weight is 403 g/mol. The van der Waals surface area contributed by atoms with Gasteiger partial charge in [0.25, 0.3) is 5.91 Å². The highest BCUT2D eigenvalue weighted by atomic mass is 16.5. The van der Waals surface area contributed by atoms with Gasteiger partial charge in [-0.15, -0.1) is 0 Å². The van der Waals surface area contributed by atoms with Gasteiger partial charge in [0.1, 0.15) is 17.4 Å². The number of hydrogen-bond donors (Lipinski definition) is 2. The van der Waals surface area contributed by atoms with Crippen LogP contribution >= 0.6 is 0 Å². The fraction of sp³-hybridized carbons (Fsp3) is 0.261. The highest BCUT2D eigenvalue weighted by Gasteiger charge is 2.32. The molecule has 1 unspecified atom stereocenters. The molecule has 7 heteroatoms. The SMILES string of the molecule is CNc1cc(C2CCCN2C(=O)c2cccnc2Nc2ccc(OC)cc2)ccn1. The summed E-state index contributed by atoms with van der Waals surface area (Å²) in [5.41, 5.74) is 2.49. The summed E-state index contributed by atoms with van der Waals surface area (Å²) in [6.45, 7) is 0.720. The molecule has 7 nitrogen and oxygen atoms in total. The molecule has 4 rings (SSSR count). The van der Waals surface area contributed by atoms with E-state index in [2.05, 4.69) is 20.6 Å². The Kier molecular flexibility index (Phi) is 5.79. The minimum Gasteiger partial charge on any atom is -0.497 e. The lowest BCUT2D eigenvalue weighted by molar-refractivity contribution is 0.0736. The van der Waals surface area contributed by atoms with Crippen LogP contribution in [0.1, 0.15) is 34.8 Å². The maximum Gasteiger partial charge on any atom is 0.258 e. The first-order chi connectivity index (χ1) is 14.7. The quantitative estimate of drug-likeness (QED) is 0.641. The van der Waals surface area contributed by atoms with Crippen molar-refractivity contribution in [2.24, 2.45) is 0 Å². The predicted molar refractivity (Wildman–Crippen MR) is 117 cm³/mol. The van der Waals surface area contributed by atoms with E-state index in [0.717, 1.165) is 42.2 Å². The van der Waals surface area contributed by atoms with Crippen LogP contribution in [0.4, 0.5) is 17.3 Å². The fourth-order valence-corrected chi connectivity index (χ4v) is 3.79. The predicted octanol–water partition coefficient (Wildman–Crippen LogP) is 4.25. The highest BCUT2D eigenvalue weighted by molar-refractivity contribution is 5.99. The molecule has 1 saturated heterocycles. The molecule has 1 aliphatic rings. The van der Waals surface area contributed by atoms with Crippen molar-refractivity contribution in [2.75, 3.05) is 31.3 Å². The lowest BCUT2D eigenvalue weighted by atomic mass is 10.0. The maximum absolute atomic E-state index is 13.5. The highest BCUT2D eigenvalue weighted by Crippen LogP contribution is 2.34. The van der Waals surface area contributed by atoms with Gasteiger partial charge in [-0.05, 0) is 66.9 Å². The van der Waals surface area contributed by atoms with Gasteiger partial charge >= 0.3 is 0 Å². The van der Waals surface area contributed by atoms with Crippen LogP contribution in [0.3, 0.4) is 0 Å². The molecule has 0 aliphatic carbocycles. The van der Waals surface area contributed by atoms with E-state index in [1.807, 2.05) is 54.4 Å². The number of nitrogens with one attached hydrogen (secondary N) is 2. The molecule has 1 amide bonds. The zero-order valence-electron chi connectivity index (χ0n) is 17.1. The van der Waals surface area contributed by atoms with E-state index in [9.17, 15) is 4.79 Å². The maximum atomic E-state index is 13.5. The van der Waals surface area contributed by atoms with Crippen LogP contribution in [0.15, 0.2) is 60.9 Å². The van der Waals surface area contributed by atoms with E-state index in [-0.39, 0.29) is 11.9 Å². The largest absolute Gasteiger partial charge is 0.497 e. The number of rotatable bonds is 6. The number of likely N-dealkylation sites (tertiary alicyclic amines) is 1. The Bertz CT molecular complexity index is 1020. The number of carbonyl (C=O) groups excluding carboxylic acids is 1. The van der Waals surface area contributed by atoms with Gasteiger partial charge in [0.05, 0.1) is 18.7 Å². The smallest absolute Gasteiger partial charge is 0.258 e. The Morgan fingerprint density at radius 3 is 2.73 bits per heavy atom. The molecule has 0 spiro atoms. The van der Waals surface area contributed by atoms with Gasteiger partial charge in [-0.25, -0.2) is 9.97 Å². The second-order valence-electron chi connectivity index (χ2n) is 7.13. The van der Waals surface area contributed by atoms with E-state index in [4.69, 9.17) is 4.74 Å². The summed E-state index contributed by atoms with van der Waals surface area (Å²) in [5.74, 6) is 2.10. The third kappa shape index (κ3) is 4.05. The summed E-state index contributed by atoms with van der Waals surface area (Å²) in [7, 11) is 3.48. The number of carbonyl (C=O) groups is 1. The molecule has 1 aliphatic heterocycles. The molecule has 1 atom stereocenters. The summed E-state index contributed by atoms with van der Waals surface area (Å²) in [6, 6.07) is 15.2. The van der Waals surface area contributed by atoms with Crippen molar-refractivity contribution in [2.45, 2.75) is 18.9 Å². The minimum absolute atomic E-state index is 0.0237. The lowest BCUT2D eigenvalue weighted by Gasteiger charge is -2.26. The van der Waals surface area contributed by atoms with E-state index in [1.54, 1.807) is 25.6 Å². The van der Waals surface area contributed by atoms with Gasteiger partial charge in [0.2, 0.25) is 0 Å². The standard InChI is InChI=1S/C23H25N5O2/c1-24-21-15-16(11-13-25-21)20-6-4-14-28(20)23(29)19-5-3-12-26-22(19)27-17-7-9-18(30-2)10-8-17/h3,5,7-13,15,20H,4,6,14H2,1-2H3,(H,24,25)(H,26,27). The molecule has 0 saturated carbocycles. The van der Waals surface area contributed by atoms with Gasteiger partial charge in [-0.3, -0.25) is 4.79 Å². The van der Waals surface area contributed by atoms with Crippen molar-refractivity contribution < 1.29 is 9.53 Å². The number of pyridine rings is 2. The number of aromatic nitrogens is 2. The summed E-state index contributed by atoms with van der Waals surface area (Å²) in [5, 5.41) is 6.33. The zero-order chi connectivity index (χ0) is 20.9. The Hall–Kier alpha value is -3.61. The first kappa shape index (κ1) is 19.7. The third-order valence-electron chi connectivity index (χ3n) is 5.33. The first-order valence-corrected chi connectivity index (χ1v) is 10.0. The molecule has 2 N–H and O–H groups in total. The van der Waals surface area contributed by atoms with Crippen LogP contribution in [0.2, 0.25) is 0 Å². The van der Waals surface area contributed by atoms with Gasteiger partial charge in [0.15, 0.2) is 0 Å². The van der Waals surface area contributed by atoms with Crippen LogP contribution in [0, 0.1) is 0 Å². The van der Waals surface area contributed by atoms with Gasteiger partial charge < -0.3 is 20.3 Å². The number of ether oxygens (including phenoxy) is 1. The van der Waals surface area contributed by atoms with Gasteiger partial charge in [0, 0.05) is 31.7 Å². The third-order valence-corrected chi connectivity index (χ3v) is 5.33. The normalized spacial score (nSPS) is 15.7. The number of nitrogens with zero attached hydrogens (tertiary/aromatic N) is 3. The molecule has 3 heterocycles. The molecular weight excluding hydrogens is 378 g/mol. The van der Waals surface area contributed by atoms with Crippen LogP contribution < -0.4 is 15.4 Å². The summed E-state index contributed by atoms with van der Waals surface area (Å²) in [6.07, 6.45) is 5.37. The Morgan fingerprint density at radius 1 is 1.13 bits per heavy atom. The molecular formula is C23H25N5O2. The van der Waals surface area contributed by atoms with Crippen LogP contribution in [-0.4, -0.2) is 41.5 Å². The molecule has 3 aromatic rings. The minimum atomic E-state index is -0.0237. The van der Waals surface area contributed by atoms with Gasteiger partial charge in [-0.2, -0.15) is 0 Å². The summed E-state index contributed by atoms with van der Waals surface area (Å²) < 4.78 is 5.21. The molecule has 30 heavy (non-hydrogen) atoms. The van der Waals surface area contributed by atoms with E-state index >= 15 is 0 Å². The second kappa shape index (κ2) is 8.82. The van der Waals surface area contributed by atoms with Crippen molar-refractivity contribution in [1.29, 1.82) is 0 Å². The average Bonchev–Trinajstić information content (AvgIpc) is 3.29. The van der Waals surface area contributed by atoms with Crippen molar-refractivity contribution in [3.05, 3.63) is 72.1 Å². The Morgan fingerprint density at radius 2 is 1.97 bits per heavy atom. The number of hydrogen-bond acceptors (Lipinski definition) is 6. The van der Waals surface area contributed by atoms with E-state index in [0.29, 0.717) is 11.4 Å². The second-order valence-corrected chi connectivity index (χ2v) is 7.13. The lowest BCUT2D eigenvalue weighted by Crippen LogP contribution is -2.31. The molecule has 0 bridgehead atoms. The summed E-state index contributed by atoms with van der Waals surface area (Å²) >= 11 is 0. The van der Waals surface area contributed by atoms with Gasteiger partial charge in [-0.1, -0.05) is 0 Å². The van der Waals surface area contributed by atoms with Crippen molar-refractivity contribution in [3.8, 4) is 5.75 Å². The Balaban J connectivity index is 1.59.